The highest BCUT2D eigenvalue weighted by atomic mass is 16.5. The SMILES string of the molecule is COc1ccc(CN(C[C@H](O)CNC(=O)c2cccc(NC3CCN(C(C)=O)CC3)c2)C2Cc3ccccc3C2)c(OC)c1. The zero-order valence-corrected chi connectivity index (χ0v) is 25.9. The lowest BCUT2D eigenvalue weighted by atomic mass is 10.0. The van der Waals surface area contributed by atoms with E-state index in [1.54, 1.807) is 27.2 Å². The third kappa shape index (κ3) is 7.89. The number of carbonyl (C=O) groups is 2. The van der Waals surface area contributed by atoms with E-state index in [0.29, 0.717) is 18.7 Å². The van der Waals surface area contributed by atoms with Gasteiger partial charge in [0, 0.05) is 74.6 Å². The van der Waals surface area contributed by atoms with Gasteiger partial charge in [0.25, 0.3) is 5.91 Å². The Labute approximate surface area is 260 Å². The second kappa shape index (κ2) is 14.6. The lowest BCUT2D eigenvalue weighted by Crippen LogP contribution is -2.44. The number of ether oxygens (including phenoxy) is 2. The number of aliphatic hydroxyl groups excluding tert-OH is 1. The molecular weight excluding hydrogens is 556 g/mol. The van der Waals surface area contributed by atoms with Crippen molar-refractivity contribution in [2.24, 2.45) is 0 Å². The Kier molecular flexibility index (Phi) is 10.4. The van der Waals surface area contributed by atoms with Crippen LogP contribution < -0.4 is 20.1 Å². The molecule has 3 aromatic carbocycles. The molecule has 0 aromatic heterocycles. The Hall–Kier alpha value is -4.08. The van der Waals surface area contributed by atoms with Crippen LogP contribution >= 0.6 is 0 Å². The van der Waals surface area contributed by atoms with Crippen molar-refractivity contribution < 1.29 is 24.2 Å². The molecule has 1 aliphatic heterocycles. The summed E-state index contributed by atoms with van der Waals surface area (Å²) >= 11 is 0. The largest absolute Gasteiger partial charge is 0.497 e. The van der Waals surface area contributed by atoms with Gasteiger partial charge in [0.1, 0.15) is 11.5 Å². The number of nitrogens with one attached hydrogen (secondary N) is 2. The zero-order chi connectivity index (χ0) is 31.1. The highest BCUT2D eigenvalue weighted by Crippen LogP contribution is 2.30. The maximum absolute atomic E-state index is 13.1. The van der Waals surface area contributed by atoms with Gasteiger partial charge >= 0.3 is 0 Å². The van der Waals surface area contributed by atoms with Crippen LogP contribution in [0.3, 0.4) is 0 Å². The molecule has 0 bridgehead atoms. The summed E-state index contributed by atoms with van der Waals surface area (Å²) in [5.74, 6) is 1.35. The van der Waals surface area contributed by atoms with E-state index >= 15 is 0 Å². The fourth-order valence-electron chi connectivity index (χ4n) is 6.31. The first kappa shape index (κ1) is 31.3. The summed E-state index contributed by atoms with van der Waals surface area (Å²) < 4.78 is 11.1. The summed E-state index contributed by atoms with van der Waals surface area (Å²) in [6.07, 6.45) is 2.78. The maximum Gasteiger partial charge on any atom is 0.251 e. The van der Waals surface area contributed by atoms with Crippen molar-refractivity contribution in [3.05, 3.63) is 89.0 Å². The van der Waals surface area contributed by atoms with Gasteiger partial charge in [0.2, 0.25) is 5.91 Å². The van der Waals surface area contributed by atoms with E-state index in [1.165, 1.54) is 11.1 Å². The molecule has 2 aliphatic rings. The molecule has 234 valence electrons. The van der Waals surface area contributed by atoms with Crippen LogP contribution in [0.25, 0.3) is 0 Å². The number of likely N-dealkylation sites (tertiary alicyclic amines) is 1. The fraction of sp³-hybridized carbons (Fsp3) is 0.429. The number of piperidine rings is 1. The number of carbonyl (C=O) groups excluding carboxylic acids is 2. The molecule has 9 heteroatoms. The lowest BCUT2D eigenvalue weighted by molar-refractivity contribution is -0.129. The monoisotopic (exact) mass is 600 g/mol. The van der Waals surface area contributed by atoms with Crippen molar-refractivity contribution in [2.45, 2.75) is 57.3 Å². The summed E-state index contributed by atoms with van der Waals surface area (Å²) in [5, 5.41) is 17.6. The summed E-state index contributed by atoms with van der Waals surface area (Å²) in [5.41, 5.74) is 5.10. The molecule has 5 rings (SSSR count). The van der Waals surface area contributed by atoms with Crippen LogP contribution in [0.15, 0.2) is 66.7 Å². The number of aliphatic hydroxyl groups is 1. The molecule has 1 atom stereocenters. The molecule has 3 aromatic rings. The minimum absolute atomic E-state index is 0.112. The normalized spacial score (nSPS) is 16.0. The van der Waals surface area contributed by atoms with Crippen molar-refractivity contribution >= 4 is 17.5 Å². The van der Waals surface area contributed by atoms with Crippen LogP contribution in [0.5, 0.6) is 11.5 Å². The van der Waals surface area contributed by atoms with E-state index in [0.717, 1.165) is 61.5 Å². The van der Waals surface area contributed by atoms with Gasteiger partial charge in [-0.2, -0.15) is 0 Å². The predicted octanol–water partition coefficient (Wildman–Crippen LogP) is 3.89. The maximum atomic E-state index is 13.1. The molecule has 0 radical (unpaired) electrons. The number of fused-ring (bicyclic) bond motifs is 1. The number of anilines is 1. The van der Waals surface area contributed by atoms with Gasteiger partial charge in [-0.15, -0.1) is 0 Å². The smallest absolute Gasteiger partial charge is 0.251 e. The first-order chi connectivity index (χ1) is 21.3. The van der Waals surface area contributed by atoms with E-state index in [-0.39, 0.29) is 30.4 Å². The molecule has 0 spiro atoms. The number of hydrogen-bond donors (Lipinski definition) is 3. The highest BCUT2D eigenvalue weighted by molar-refractivity contribution is 5.95. The Morgan fingerprint density at radius 2 is 1.70 bits per heavy atom. The molecule has 0 unspecified atom stereocenters. The van der Waals surface area contributed by atoms with Gasteiger partial charge in [0.05, 0.1) is 20.3 Å². The molecule has 1 heterocycles. The van der Waals surface area contributed by atoms with Gasteiger partial charge < -0.3 is 30.1 Å². The number of rotatable bonds is 12. The van der Waals surface area contributed by atoms with Crippen molar-refractivity contribution in [3.8, 4) is 11.5 Å². The third-order valence-electron chi connectivity index (χ3n) is 8.79. The third-order valence-corrected chi connectivity index (χ3v) is 8.79. The Morgan fingerprint density at radius 3 is 2.36 bits per heavy atom. The van der Waals surface area contributed by atoms with Gasteiger partial charge in [-0.1, -0.05) is 36.4 Å². The first-order valence-electron chi connectivity index (χ1n) is 15.4. The van der Waals surface area contributed by atoms with Gasteiger partial charge in [-0.25, -0.2) is 0 Å². The van der Waals surface area contributed by atoms with Crippen molar-refractivity contribution in [3.63, 3.8) is 0 Å². The topological polar surface area (TPSA) is 103 Å². The summed E-state index contributed by atoms with van der Waals surface area (Å²) in [6.45, 7) is 4.21. The van der Waals surface area contributed by atoms with E-state index in [1.807, 2.05) is 41.3 Å². The van der Waals surface area contributed by atoms with Crippen LogP contribution in [-0.4, -0.2) is 85.3 Å². The number of methoxy groups -OCH3 is 2. The Bertz CT molecular complexity index is 1410. The van der Waals surface area contributed by atoms with Gasteiger partial charge in [0.15, 0.2) is 0 Å². The predicted molar refractivity (Wildman–Crippen MR) is 171 cm³/mol. The number of nitrogens with zero attached hydrogens (tertiary/aromatic N) is 2. The number of amides is 2. The van der Waals surface area contributed by atoms with E-state index < -0.39 is 6.10 Å². The van der Waals surface area contributed by atoms with Gasteiger partial charge in [-0.3, -0.25) is 14.5 Å². The molecular formula is C35H44N4O5. The molecule has 1 fully saturated rings. The minimum Gasteiger partial charge on any atom is -0.497 e. The van der Waals surface area contributed by atoms with Crippen LogP contribution in [0, 0.1) is 0 Å². The average molecular weight is 601 g/mol. The molecule has 3 N–H and O–H groups in total. The van der Waals surface area contributed by atoms with E-state index in [4.69, 9.17) is 9.47 Å². The Balaban J connectivity index is 1.20. The fourth-order valence-corrected chi connectivity index (χ4v) is 6.31. The molecule has 1 saturated heterocycles. The molecule has 44 heavy (non-hydrogen) atoms. The zero-order valence-electron chi connectivity index (χ0n) is 25.9. The second-order valence-corrected chi connectivity index (χ2v) is 11.8. The van der Waals surface area contributed by atoms with Gasteiger partial charge in [-0.05, 0) is 61.1 Å². The second-order valence-electron chi connectivity index (χ2n) is 11.8. The Morgan fingerprint density at radius 1 is 0.977 bits per heavy atom. The first-order valence-corrected chi connectivity index (χ1v) is 15.4. The van der Waals surface area contributed by atoms with E-state index in [9.17, 15) is 14.7 Å². The quantitative estimate of drug-likeness (QED) is 0.290. The van der Waals surface area contributed by atoms with E-state index in [2.05, 4.69) is 39.8 Å². The van der Waals surface area contributed by atoms with Crippen LogP contribution in [-0.2, 0) is 24.2 Å². The molecule has 2 amide bonds. The summed E-state index contributed by atoms with van der Waals surface area (Å²) in [7, 11) is 3.29. The van der Waals surface area contributed by atoms with Crippen LogP contribution in [0.1, 0.15) is 46.8 Å². The number of hydrogen-bond acceptors (Lipinski definition) is 7. The molecule has 1 aliphatic carbocycles. The number of benzene rings is 3. The minimum atomic E-state index is -0.764. The van der Waals surface area contributed by atoms with Crippen molar-refractivity contribution in [1.29, 1.82) is 0 Å². The molecule has 9 nitrogen and oxygen atoms in total. The van der Waals surface area contributed by atoms with Crippen molar-refractivity contribution in [2.75, 3.05) is 45.7 Å². The van der Waals surface area contributed by atoms with Crippen molar-refractivity contribution in [1.82, 2.24) is 15.1 Å². The average Bonchev–Trinajstić information content (AvgIpc) is 3.48. The summed E-state index contributed by atoms with van der Waals surface area (Å²) in [6, 6.07) is 22.2. The van der Waals surface area contributed by atoms with Crippen LogP contribution in [0.4, 0.5) is 5.69 Å². The summed E-state index contributed by atoms with van der Waals surface area (Å²) in [4.78, 5) is 28.9. The standard InChI is InChI=1S/C35H44N4O5/c1-24(40)38-15-13-29(14-16-38)37-30-10-6-9-27(17-30)35(42)36-21-32(41)23-39(31-18-25-7-4-5-8-26(25)19-31)22-28-11-12-33(43-2)20-34(28)44-3/h4-12,17,20,29,31-32,37,41H,13-16,18-19,21-23H2,1-3H3,(H,36,42)/t32-/m1/s1. The molecule has 0 saturated carbocycles. The lowest BCUT2D eigenvalue weighted by Gasteiger charge is -2.32. The highest BCUT2D eigenvalue weighted by Gasteiger charge is 2.29. The van der Waals surface area contributed by atoms with Crippen LogP contribution in [0.2, 0.25) is 0 Å².